The van der Waals surface area contributed by atoms with E-state index in [0.717, 1.165) is 12.8 Å². The third kappa shape index (κ3) is 2.96. The van der Waals surface area contributed by atoms with E-state index in [9.17, 15) is 0 Å². The van der Waals surface area contributed by atoms with E-state index in [2.05, 4.69) is 97.1 Å². The maximum absolute atomic E-state index is 3.44. The highest BCUT2D eigenvalue weighted by atomic mass is 14.2. The second-order valence-corrected chi connectivity index (χ2v) is 6.06. The van der Waals surface area contributed by atoms with Crippen molar-refractivity contribution in [2.75, 3.05) is 0 Å². The molecule has 24 heavy (non-hydrogen) atoms. The third-order valence-corrected chi connectivity index (χ3v) is 4.45. The van der Waals surface area contributed by atoms with Crippen molar-refractivity contribution < 1.29 is 0 Å². The quantitative estimate of drug-likeness (QED) is 0.643. The summed E-state index contributed by atoms with van der Waals surface area (Å²) in [6, 6.07) is 21.4. The summed E-state index contributed by atoms with van der Waals surface area (Å²) < 4.78 is 0. The minimum Gasteiger partial charge on any atom is -0.0798 e. The van der Waals surface area contributed by atoms with E-state index in [4.69, 9.17) is 0 Å². The summed E-state index contributed by atoms with van der Waals surface area (Å²) in [4.78, 5) is 0. The highest BCUT2D eigenvalue weighted by Crippen LogP contribution is 2.36. The van der Waals surface area contributed by atoms with Crippen molar-refractivity contribution in [1.29, 1.82) is 0 Å². The Balaban J connectivity index is 1.82. The molecule has 0 saturated carbocycles. The van der Waals surface area contributed by atoms with Gasteiger partial charge in [0, 0.05) is 0 Å². The van der Waals surface area contributed by atoms with Crippen molar-refractivity contribution in [2.24, 2.45) is 0 Å². The first-order valence-corrected chi connectivity index (χ1v) is 8.41. The predicted molar refractivity (Wildman–Crippen MR) is 101 cm³/mol. The molecular formula is C24H19. The van der Waals surface area contributed by atoms with Crippen LogP contribution < -0.4 is 0 Å². The number of hydrogen-bond donors (Lipinski definition) is 0. The summed E-state index contributed by atoms with van der Waals surface area (Å²) in [6.45, 7) is 0. The van der Waals surface area contributed by atoms with E-state index < -0.39 is 0 Å². The van der Waals surface area contributed by atoms with Crippen LogP contribution in [0.5, 0.6) is 0 Å². The van der Waals surface area contributed by atoms with Gasteiger partial charge in [0.2, 0.25) is 0 Å². The molecule has 2 aromatic carbocycles. The Morgan fingerprint density at radius 2 is 1.50 bits per heavy atom. The second-order valence-electron chi connectivity index (χ2n) is 6.06. The molecule has 0 nitrogen and oxygen atoms in total. The molecule has 1 radical (unpaired) electrons. The summed E-state index contributed by atoms with van der Waals surface area (Å²) in [5, 5.41) is 0. The smallest absolute Gasteiger partial charge is 0.00168 e. The van der Waals surface area contributed by atoms with Gasteiger partial charge in [-0.05, 0) is 52.3 Å². The van der Waals surface area contributed by atoms with Crippen LogP contribution >= 0.6 is 0 Å². The highest BCUT2D eigenvalue weighted by molar-refractivity contribution is 5.87. The monoisotopic (exact) mass is 307 g/mol. The molecule has 2 aliphatic carbocycles. The lowest BCUT2D eigenvalue weighted by atomic mass is 9.89. The van der Waals surface area contributed by atoms with Gasteiger partial charge >= 0.3 is 0 Å². The predicted octanol–water partition coefficient (Wildman–Crippen LogP) is 6.06. The van der Waals surface area contributed by atoms with E-state index in [1.54, 1.807) is 0 Å². The molecule has 0 N–H and O–H groups in total. The van der Waals surface area contributed by atoms with Gasteiger partial charge in [-0.25, -0.2) is 0 Å². The van der Waals surface area contributed by atoms with Crippen molar-refractivity contribution in [3.63, 3.8) is 0 Å². The average molecular weight is 307 g/mol. The molecule has 0 bridgehead atoms. The highest BCUT2D eigenvalue weighted by Gasteiger charge is 2.17. The average Bonchev–Trinajstić information content (AvgIpc) is 3.30. The van der Waals surface area contributed by atoms with Gasteiger partial charge in [-0.15, -0.1) is 0 Å². The van der Waals surface area contributed by atoms with E-state index in [1.165, 1.54) is 33.4 Å². The number of benzene rings is 2. The maximum atomic E-state index is 3.44. The van der Waals surface area contributed by atoms with Crippen LogP contribution in [0.25, 0.3) is 5.57 Å². The fourth-order valence-corrected chi connectivity index (χ4v) is 3.32. The fraction of sp³-hybridized carbons (Fsp3) is 0.0833. The van der Waals surface area contributed by atoms with Gasteiger partial charge < -0.3 is 0 Å². The summed E-state index contributed by atoms with van der Waals surface area (Å²) in [5.74, 6) is 0. The zero-order chi connectivity index (χ0) is 16.2. The molecule has 0 spiro atoms. The van der Waals surface area contributed by atoms with Gasteiger partial charge in [0.05, 0.1) is 0 Å². The molecule has 2 aliphatic rings. The van der Waals surface area contributed by atoms with E-state index >= 15 is 0 Å². The van der Waals surface area contributed by atoms with Crippen LogP contribution in [0, 0.1) is 6.08 Å². The van der Waals surface area contributed by atoms with E-state index in [0.29, 0.717) is 0 Å². The first-order valence-electron chi connectivity index (χ1n) is 8.41. The van der Waals surface area contributed by atoms with Crippen molar-refractivity contribution in [3.8, 4) is 0 Å². The van der Waals surface area contributed by atoms with Crippen molar-refractivity contribution in [2.45, 2.75) is 12.8 Å². The van der Waals surface area contributed by atoms with Gasteiger partial charge in [0.15, 0.2) is 0 Å². The van der Waals surface area contributed by atoms with Crippen LogP contribution in [0.3, 0.4) is 0 Å². The third-order valence-electron chi connectivity index (χ3n) is 4.45. The number of rotatable bonds is 4. The molecule has 0 aromatic heterocycles. The Morgan fingerprint density at radius 3 is 2.08 bits per heavy atom. The molecule has 0 heterocycles. The topological polar surface area (TPSA) is 0 Å². The second kappa shape index (κ2) is 6.72. The number of hydrogen-bond acceptors (Lipinski definition) is 0. The summed E-state index contributed by atoms with van der Waals surface area (Å²) in [5.41, 5.74) is 7.81. The van der Waals surface area contributed by atoms with Crippen LogP contribution in [0.4, 0.5) is 0 Å². The summed E-state index contributed by atoms with van der Waals surface area (Å²) >= 11 is 0. The van der Waals surface area contributed by atoms with Crippen LogP contribution in [0.1, 0.15) is 24.0 Å². The lowest BCUT2D eigenvalue weighted by Gasteiger charge is -2.15. The largest absolute Gasteiger partial charge is 0.0798 e. The first-order chi connectivity index (χ1) is 11.9. The Morgan fingerprint density at radius 1 is 0.833 bits per heavy atom. The minimum absolute atomic E-state index is 0.944. The zero-order valence-corrected chi connectivity index (χ0v) is 13.6. The van der Waals surface area contributed by atoms with Gasteiger partial charge in [-0.3, -0.25) is 0 Å². The Kier molecular flexibility index (Phi) is 4.12. The molecule has 0 unspecified atom stereocenters. The summed E-state index contributed by atoms with van der Waals surface area (Å²) in [6.07, 6.45) is 16.3. The Labute approximate surface area is 143 Å². The van der Waals surface area contributed by atoms with Crippen LogP contribution in [-0.4, -0.2) is 0 Å². The number of allylic oxidation sites excluding steroid dienone is 9. The van der Waals surface area contributed by atoms with E-state index in [-0.39, 0.29) is 0 Å². The van der Waals surface area contributed by atoms with Crippen molar-refractivity contribution in [3.05, 3.63) is 125 Å². The first kappa shape index (κ1) is 14.7. The minimum atomic E-state index is 0.944. The lowest BCUT2D eigenvalue weighted by Crippen LogP contribution is -1.95. The lowest BCUT2D eigenvalue weighted by molar-refractivity contribution is 1.18. The Hall–Kier alpha value is -2.86. The normalized spacial score (nSPS) is 15.6. The zero-order valence-electron chi connectivity index (χ0n) is 13.6. The molecule has 4 rings (SSSR count). The van der Waals surface area contributed by atoms with E-state index in [1.807, 2.05) is 0 Å². The fourth-order valence-electron chi connectivity index (χ4n) is 3.32. The molecule has 0 fully saturated rings. The molecule has 0 atom stereocenters. The molecular weight excluding hydrogens is 288 g/mol. The van der Waals surface area contributed by atoms with Crippen LogP contribution in [-0.2, 0) is 0 Å². The Bertz CT molecular complexity index is 831. The van der Waals surface area contributed by atoms with Crippen LogP contribution in [0.15, 0.2) is 108 Å². The molecule has 0 aliphatic heterocycles. The standard InChI is InChI=1S/C24H19/c1-3-12-20(13-4-1)24(21-14-5-2-6-15-21)23-17-9-16-22(23)18-19-10-7-8-11-19/h1-7,9-10,12-17H,8,18H2. The van der Waals surface area contributed by atoms with Gasteiger partial charge in [-0.2, -0.15) is 0 Å². The molecule has 0 amide bonds. The van der Waals surface area contributed by atoms with Crippen molar-refractivity contribution in [1.82, 2.24) is 0 Å². The van der Waals surface area contributed by atoms with Crippen molar-refractivity contribution >= 4 is 5.57 Å². The summed E-state index contributed by atoms with van der Waals surface area (Å²) in [7, 11) is 0. The molecule has 0 saturated heterocycles. The SMILES string of the molecule is [C]1=C(CC2=CC=CC2=C(c2ccccc2)c2ccccc2)C=CC1. The molecule has 115 valence electrons. The van der Waals surface area contributed by atoms with Gasteiger partial charge in [-0.1, -0.05) is 91.0 Å². The maximum Gasteiger partial charge on any atom is -0.00168 e. The van der Waals surface area contributed by atoms with Gasteiger partial charge in [0.1, 0.15) is 0 Å². The molecule has 2 aromatic rings. The molecule has 0 heteroatoms. The van der Waals surface area contributed by atoms with Gasteiger partial charge in [0.25, 0.3) is 0 Å². The van der Waals surface area contributed by atoms with Crippen LogP contribution in [0.2, 0.25) is 0 Å².